The van der Waals surface area contributed by atoms with Crippen molar-refractivity contribution in [3.05, 3.63) is 12.7 Å². The first-order valence-electron chi connectivity index (χ1n) is 8.95. The molecule has 0 radical (unpaired) electrons. The highest BCUT2D eigenvalue weighted by Crippen LogP contribution is 2.37. The summed E-state index contributed by atoms with van der Waals surface area (Å²) in [6, 6.07) is 0.546. The largest absolute Gasteiger partial charge is 0.370 e. The van der Waals surface area contributed by atoms with Gasteiger partial charge in [0.15, 0.2) is 11.5 Å². The molecule has 0 aromatic carbocycles. The highest BCUT2D eigenvalue weighted by Gasteiger charge is 2.28. The molecular weight excluding hydrogens is 304 g/mol. The molecule has 2 saturated carbocycles. The van der Waals surface area contributed by atoms with Gasteiger partial charge in [-0.2, -0.15) is 0 Å². The van der Waals surface area contributed by atoms with Gasteiger partial charge in [0, 0.05) is 18.5 Å². The van der Waals surface area contributed by atoms with Crippen LogP contribution < -0.4 is 11.1 Å². The molecule has 2 aromatic rings. The molecule has 0 aliphatic heterocycles. The monoisotopic (exact) mass is 328 g/mol. The number of fused-ring (bicyclic) bond motifs is 1. The van der Waals surface area contributed by atoms with Crippen LogP contribution in [0.15, 0.2) is 12.7 Å². The van der Waals surface area contributed by atoms with Gasteiger partial charge in [0.05, 0.1) is 6.33 Å². The quantitative estimate of drug-likeness (QED) is 0.848. The van der Waals surface area contributed by atoms with Gasteiger partial charge in [-0.3, -0.25) is 4.79 Å². The lowest BCUT2D eigenvalue weighted by atomic mass is 9.82. The summed E-state index contributed by atoms with van der Waals surface area (Å²) in [7, 11) is 0. The molecule has 24 heavy (non-hydrogen) atoms. The molecule has 1 amide bonds. The van der Waals surface area contributed by atoms with E-state index in [2.05, 4.69) is 24.8 Å². The predicted octanol–water partition coefficient (Wildman–Crippen LogP) is 2.40. The third-order valence-electron chi connectivity index (χ3n) is 5.26. The SMILES string of the molecule is NC(=O)CC(Nc1ncnc2c1ncn2C1CC1)C1CCCCC1. The van der Waals surface area contributed by atoms with E-state index >= 15 is 0 Å². The molecule has 2 heterocycles. The van der Waals surface area contributed by atoms with Crippen LogP contribution in [0, 0.1) is 5.92 Å². The lowest BCUT2D eigenvalue weighted by Crippen LogP contribution is -2.35. The van der Waals surface area contributed by atoms with E-state index in [4.69, 9.17) is 5.73 Å². The molecule has 3 N–H and O–H groups in total. The Labute approximate surface area is 141 Å². The smallest absolute Gasteiger partial charge is 0.219 e. The number of imidazole rings is 1. The number of rotatable bonds is 6. The normalized spacial score (nSPS) is 20.2. The van der Waals surface area contributed by atoms with Crippen molar-refractivity contribution in [2.24, 2.45) is 11.7 Å². The minimum absolute atomic E-state index is 0.0203. The highest BCUT2D eigenvalue weighted by molar-refractivity contribution is 5.83. The minimum Gasteiger partial charge on any atom is -0.370 e. The van der Waals surface area contributed by atoms with Crippen molar-refractivity contribution in [1.82, 2.24) is 19.5 Å². The van der Waals surface area contributed by atoms with Crippen molar-refractivity contribution in [2.45, 2.75) is 63.5 Å². The Morgan fingerprint density at radius 2 is 2.00 bits per heavy atom. The van der Waals surface area contributed by atoms with Crippen LogP contribution in [0.2, 0.25) is 0 Å². The maximum atomic E-state index is 11.5. The molecule has 2 fully saturated rings. The van der Waals surface area contributed by atoms with Gasteiger partial charge >= 0.3 is 0 Å². The standard InChI is InChI=1S/C17H24N6O/c18-14(24)8-13(11-4-2-1-3-5-11)22-16-15-17(20-9-19-16)23(10-21-15)12-6-7-12/h9-13H,1-8H2,(H2,18,24)(H,19,20,22). The van der Waals surface area contributed by atoms with Gasteiger partial charge in [-0.1, -0.05) is 19.3 Å². The molecule has 1 unspecified atom stereocenters. The molecule has 7 nitrogen and oxygen atoms in total. The molecule has 2 aliphatic rings. The first-order chi connectivity index (χ1) is 11.7. The Hall–Kier alpha value is -2.18. The predicted molar refractivity (Wildman–Crippen MR) is 91.4 cm³/mol. The Balaban J connectivity index is 1.61. The number of amides is 1. The maximum absolute atomic E-state index is 11.5. The van der Waals surface area contributed by atoms with Crippen LogP contribution in [0.25, 0.3) is 11.2 Å². The number of nitrogens with one attached hydrogen (secondary N) is 1. The zero-order valence-electron chi connectivity index (χ0n) is 13.8. The van der Waals surface area contributed by atoms with E-state index in [1.165, 1.54) is 32.1 Å². The second-order valence-corrected chi connectivity index (χ2v) is 7.10. The summed E-state index contributed by atoms with van der Waals surface area (Å²) in [5, 5.41) is 3.47. The molecule has 7 heteroatoms. The third kappa shape index (κ3) is 3.07. The lowest BCUT2D eigenvalue weighted by molar-refractivity contribution is -0.118. The Kier molecular flexibility index (Phi) is 4.08. The van der Waals surface area contributed by atoms with Crippen LogP contribution in [-0.2, 0) is 4.79 Å². The summed E-state index contributed by atoms with van der Waals surface area (Å²) in [5.41, 5.74) is 7.15. The summed E-state index contributed by atoms with van der Waals surface area (Å²) >= 11 is 0. The summed E-state index contributed by atoms with van der Waals surface area (Å²) in [4.78, 5) is 24.8. The second kappa shape index (κ2) is 6.37. The zero-order valence-corrected chi connectivity index (χ0v) is 13.8. The lowest BCUT2D eigenvalue weighted by Gasteiger charge is -2.30. The summed E-state index contributed by atoms with van der Waals surface area (Å²) in [6.07, 6.45) is 12.1. The first-order valence-corrected chi connectivity index (χ1v) is 8.95. The van der Waals surface area contributed by atoms with E-state index in [0.29, 0.717) is 18.4 Å². The van der Waals surface area contributed by atoms with Gasteiger partial charge < -0.3 is 15.6 Å². The summed E-state index contributed by atoms with van der Waals surface area (Å²) in [5.74, 6) is 0.907. The van der Waals surface area contributed by atoms with E-state index in [-0.39, 0.29) is 11.9 Å². The Morgan fingerprint density at radius 3 is 2.71 bits per heavy atom. The van der Waals surface area contributed by atoms with Crippen molar-refractivity contribution in [2.75, 3.05) is 5.32 Å². The van der Waals surface area contributed by atoms with Gasteiger partial charge in [0.1, 0.15) is 11.8 Å². The number of nitrogens with zero attached hydrogens (tertiary/aromatic N) is 4. The maximum Gasteiger partial charge on any atom is 0.219 e. The van der Waals surface area contributed by atoms with Gasteiger partial charge in [0.25, 0.3) is 0 Å². The number of carbonyl (C=O) groups is 1. The fraction of sp³-hybridized carbons (Fsp3) is 0.647. The molecule has 2 aromatic heterocycles. The molecular formula is C17H24N6O. The fourth-order valence-corrected chi connectivity index (χ4v) is 3.84. The number of aromatic nitrogens is 4. The second-order valence-electron chi connectivity index (χ2n) is 7.10. The number of hydrogen-bond acceptors (Lipinski definition) is 5. The number of carbonyl (C=O) groups excluding carboxylic acids is 1. The number of hydrogen-bond donors (Lipinski definition) is 2. The van der Waals surface area contributed by atoms with Gasteiger partial charge in [-0.05, 0) is 31.6 Å². The highest BCUT2D eigenvalue weighted by atomic mass is 16.1. The molecule has 0 spiro atoms. The topological polar surface area (TPSA) is 98.7 Å². The number of primary amides is 1. The molecule has 2 aliphatic carbocycles. The molecule has 128 valence electrons. The van der Waals surface area contributed by atoms with Gasteiger partial charge in [-0.25, -0.2) is 15.0 Å². The molecule has 0 bridgehead atoms. The van der Waals surface area contributed by atoms with E-state index in [9.17, 15) is 4.79 Å². The van der Waals surface area contributed by atoms with Crippen LogP contribution in [0.5, 0.6) is 0 Å². The van der Waals surface area contributed by atoms with Crippen LogP contribution in [0.1, 0.15) is 57.4 Å². The van der Waals surface area contributed by atoms with E-state index < -0.39 is 0 Å². The van der Waals surface area contributed by atoms with Crippen LogP contribution in [-0.4, -0.2) is 31.5 Å². The zero-order chi connectivity index (χ0) is 16.5. The van der Waals surface area contributed by atoms with E-state index in [1.807, 2.05) is 6.33 Å². The van der Waals surface area contributed by atoms with Crippen molar-refractivity contribution in [3.8, 4) is 0 Å². The van der Waals surface area contributed by atoms with Crippen molar-refractivity contribution in [1.29, 1.82) is 0 Å². The van der Waals surface area contributed by atoms with Crippen molar-refractivity contribution in [3.63, 3.8) is 0 Å². The molecule has 1 atom stereocenters. The van der Waals surface area contributed by atoms with Crippen LogP contribution in [0.4, 0.5) is 5.82 Å². The van der Waals surface area contributed by atoms with E-state index in [0.717, 1.165) is 29.8 Å². The third-order valence-corrected chi connectivity index (χ3v) is 5.26. The number of nitrogens with two attached hydrogens (primary N) is 1. The average molecular weight is 328 g/mol. The summed E-state index contributed by atoms with van der Waals surface area (Å²) in [6.45, 7) is 0. The van der Waals surface area contributed by atoms with Gasteiger partial charge in [-0.15, -0.1) is 0 Å². The van der Waals surface area contributed by atoms with Crippen LogP contribution in [0.3, 0.4) is 0 Å². The van der Waals surface area contributed by atoms with Crippen molar-refractivity contribution >= 4 is 22.9 Å². The van der Waals surface area contributed by atoms with Crippen molar-refractivity contribution < 1.29 is 4.79 Å². The minimum atomic E-state index is -0.271. The molecule has 0 saturated heterocycles. The summed E-state index contributed by atoms with van der Waals surface area (Å²) < 4.78 is 2.13. The average Bonchev–Trinajstić information content (AvgIpc) is 3.34. The Morgan fingerprint density at radius 1 is 1.21 bits per heavy atom. The number of anilines is 1. The van der Waals surface area contributed by atoms with Crippen LogP contribution >= 0.6 is 0 Å². The van der Waals surface area contributed by atoms with E-state index in [1.54, 1.807) is 6.33 Å². The molecule has 4 rings (SSSR count). The fourth-order valence-electron chi connectivity index (χ4n) is 3.84. The first kappa shape index (κ1) is 15.4. The Bertz CT molecular complexity index is 732. The van der Waals surface area contributed by atoms with Gasteiger partial charge in [0.2, 0.25) is 5.91 Å².